The molecule has 4 nitrogen and oxygen atoms in total. The molecule has 7 rings (SSSR count). The maximum Gasteiger partial charge on any atom is 0.213 e. The fourth-order valence-electron chi connectivity index (χ4n) is 8.10. The standard InChI is InChI=1S/C38H40NO3/c1-23(21-41-7)38(6)37(5,22-40)33-25-15-9-8-14-24(25)29(36(2,3)4)20-28(33)34-32-27-17-11-13-19-31(27)42-35(32)26-16-10-12-18-30(26)39(34)38/h8-20,32,35,40H,1,21-22H2,2-7H3/q+1. The molecule has 0 bridgehead atoms. The maximum absolute atomic E-state index is 11.6. The van der Waals surface area contributed by atoms with Gasteiger partial charge in [-0.05, 0) is 52.4 Å². The van der Waals surface area contributed by atoms with Gasteiger partial charge in [0.1, 0.15) is 17.8 Å². The van der Waals surface area contributed by atoms with Crippen molar-refractivity contribution in [1.82, 2.24) is 0 Å². The van der Waals surface area contributed by atoms with Crippen LogP contribution in [0.1, 0.15) is 74.5 Å². The Hall–Kier alpha value is -3.73. The lowest BCUT2D eigenvalue weighted by molar-refractivity contribution is -0.540. The predicted octanol–water partition coefficient (Wildman–Crippen LogP) is 7.73. The quantitative estimate of drug-likeness (QED) is 0.206. The van der Waals surface area contributed by atoms with Crippen LogP contribution in [0.25, 0.3) is 10.8 Å². The van der Waals surface area contributed by atoms with E-state index < -0.39 is 11.0 Å². The highest BCUT2D eigenvalue weighted by atomic mass is 16.5. The van der Waals surface area contributed by atoms with Crippen molar-refractivity contribution in [2.24, 2.45) is 0 Å². The van der Waals surface area contributed by atoms with Gasteiger partial charge >= 0.3 is 0 Å². The highest BCUT2D eigenvalue weighted by molar-refractivity contribution is 6.11. The number of aliphatic hydroxyl groups is 1. The van der Waals surface area contributed by atoms with Crippen LogP contribution in [0.15, 0.2) is 91.0 Å². The molecule has 0 fully saturated rings. The zero-order valence-corrected chi connectivity index (χ0v) is 25.5. The Morgan fingerprint density at radius 1 is 0.952 bits per heavy atom. The van der Waals surface area contributed by atoms with Gasteiger partial charge in [0, 0.05) is 36.8 Å². The summed E-state index contributed by atoms with van der Waals surface area (Å²) in [5, 5.41) is 14.0. The van der Waals surface area contributed by atoms with Gasteiger partial charge in [0.2, 0.25) is 16.9 Å². The summed E-state index contributed by atoms with van der Waals surface area (Å²) in [6, 6.07) is 28.2. The fourth-order valence-corrected chi connectivity index (χ4v) is 8.10. The first-order chi connectivity index (χ1) is 20.1. The molecule has 0 aromatic heterocycles. The number of nitrogens with zero attached hydrogens (tertiary/aromatic N) is 1. The average Bonchev–Trinajstić information content (AvgIpc) is 3.38. The molecule has 0 saturated heterocycles. The first-order valence-corrected chi connectivity index (χ1v) is 14.9. The Morgan fingerprint density at radius 2 is 1.60 bits per heavy atom. The highest BCUT2D eigenvalue weighted by Crippen LogP contribution is 2.60. The van der Waals surface area contributed by atoms with Crippen LogP contribution in [-0.2, 0) is 15.6 Å². The van der Waals surface area contributed by atoms with E-state index in [4.69, 9.17) is 9.47 Å². The molecule has 0 radical (unpaired) electrons. The molecule has 0 saturated carbocycles. The molecular weight excluding hydrogens is 518 g/mol. The van der Waals surface area contributed by atoms with E-state index in [-0.39, 0.29) is 24.0 Å². The second-order valence-electron chi connectivity index (χ2n) is 13.6. The predicted molar refractivity (Wildman–Crippen MR) is 170 cm³/mol. The highest BCUT2D eigenvalue weighted by Gasteiger charge is 2.66. The van der Waals surface area contributed by atoms with Crippen LogP contribution < -0.4 is 4.74 Å². The van der Waals surface area contributed by atoms with E-state index in [0.717, 1.165) is 22.6 Å². The van der Waals surface area contributed by atoms with E-state index in [9.17, 15) is 5.11 Å². The maximum atomic E-state index is 11.6. The van der Waals surface area contributed by atoms with Gasteiger partial charge in [-0.15, -0.1) is 0 Å². The van der Waals surface area contributed by atoms with Crippen LogP contribution in [0, 0.1) is 0 Å². The third-order valence-electron chi connectivity index (χ3n) is 10.4. The normalized spacial score (nSPS) is 25.7. The van der Waals surface area contributed by atoms with Gasteiger partial charge in [-0.2, -0.15) is 4.58 Å². The van der Waals surface area contributed by atoms with Gasteiger partial charge in [-0.3, -0.25) is 0 Å². The molecule has 0 spiro atoms. The summed E-state index contributed by atoms with van der Waals surface area (Å²) in [7, 11) is 1.72. The Kier molecular flexibility index (Phi) is 5.90. The van der Waals surface area contributed by atoms with Crippen molar-refractivity contribution in [2.75, 3.05) is 20.3 Å². The van der Waals surface area contributed by atoms with E-state index in [1.165, 1.54) is 38.7 Å². The monoisotopic (exact) mass is 558 g/mol. The third-order valence-corrected chi connectivity index (χ3v) is 10.4. The van der Waals surface area contributed by atoms with Gasteiger partial charge in [0.05, 0.1) is 24.2 Å². The number of hydrogen-bond acceptors (Lipinski definition) is 3. The number of benzene rings is 4. The fraction of sp³-hybridized carbons (Fsp3) is 0.342. The van der Waals surface area contributed by atoms with E-state index in [2.05, 4.69) is 125 Å². The van der Waals surface area contributed by atoms with Gasteiger partial charge in [0.25, 0.3) is 0 Å². The lowest BCUT2D eigenvalue weighted by Gasteiger charge is -2.50. The van der Waals surface area contributed by atoms with Gasteiger partial charge < -0.3 is 14.6 Å². The molecular formula is C38H40NO3+. The van der Waals surface area contributed by atoms with Crippen LogP contribution in [0.3, 0.4) is 0 Å². The van der Waals surface area contributed by atoms with Crippen molar-refractivity contribution in [3.05, 3.63) is 119 Å². The zero-order valence-electron chi connectivity index (χ0n) is 25.5. The number of methoxy groups -OCH3 is 1. The van der Waals surface area contributed by atoms with Gasteiger partial charge in [-0.1, -0.05) is 81.9 Å². The lowest BCUT2D eigenvalue weighted by atomic mass is 9.57. The minimum Gasteiger partial charge on any atom is -0.484 e. The number of fused-ring (bicyclic) bond motifs is 11. The molecule has 214 valence electrons. The Labute approximate surface area is 248 Å². The third kappa shape index (κ3) is 3.34. The van der Waals surface area contributed by atoms with Crippen LogP contribution >= 0.6 is 0 Å². The molecule has 3 aliphatic heterocycles. The number of hydrogen-bond donors (Lipinski definition) is 1. The Balaban J connectivity index is 1.73. The first-order valence-electron chi connectivity index (χ1n) is 14.9. The number of ether oxygens (including phenoxy) is 2. The van der Waals surface area contributed by atoms with Crippen LogP contribution in [0.5, 0.6) is 5.75 Å². The van der Waals surface area contributed by atoms with Crippen molar-refractivity contribution >= 4 is 22.2 Å². The summed E-state index contributed by atoms with van der Waals surface area (Å²) in [6.45, 7) is 16.3. The second kappa shape index (κ2) is 9.13. The molecule has 4 atom stereocenters. The molecule has 4 aromatic rings. The van der Waals surface area contributed by atoms with Crippen LogP contribution in [0.4, 0.5) is 5.69 Å². The lowest BCUT2D eigenvalue weighted by Crippen LogP contribution is -2.63. The summed E-state index contributed by atoms with van der Waals surface area (Å²) in [5.74, 6) is 0.907. The van der Waals surface area contributed by atoms with Crippen molar-refractivity contribution in [3.8, 4) is 5.75 Å². The molecule has 0 amide bonds. The van der Waals surface area contributed by atoms with Crippen molar-refractivity contribution in [3.63, 3.8) is 0 Å². The smallest absolute Gasteiger partial charge is 0.213 e. The molecule has 0 aliphatic carbocycles. The van der Waals surface area contributed by atoms with E-state index >= 15 is 0 Å². The number of rotatable bonds is 4. The number of aliphatic hydroxyl groups excluding tert-OH is 1. The Morgan fingerprint density at radius 3 is 2.29 bits per heavy atom. The summed E-state index contributed by atoms with van der Waals surface area (Å²) in [4.78, 5) is 0. The van der Waals surface area contributed by atoms with E-state index in [1.807, 2.05) is 0 Å². The summed E-state index contributed by atoms with van der Waals surface area (Å²) in [6.07, 6.45) is -0.152. The molecule has 42 heavy (non-hydrogen) atoms. The van der Waals surface area contributed by atoms with Crippen LogP contribution in [-0.4, -0.2) is 41.3 Å². The van der Waals surface area contributed by atoms with Crippen molar-refractivity contribution in [1.29, 1.82) is 0 Å². The topological polar surface area (TPSA) is 41.7 Å². The largest absolute Gasteiger partial charge is 0.484 e. The summed E-state index contributed by atoms with van der Waals surface area (Å²) in [5.41, 5.74) is 7.70. The SMILES string of the molecule is C=C(COC)C1(C)[N+]2=C(c3cc(C(C)(C)C)c4ccccc4c3C1(C)CO)C1c3ccccc3OC1c1ccccc12. The first kappa shape index (κ1) is 27.1. The van der Waals surface area contributed by atoms with E-state index in [1.54, 1.807) is 7.11 Å². The van der Waals surface area contributed by atoms with Gasteiger partial charge in [0.15, 0.2) is 0 Å². The molecule has 3 aliphatic rings. The molecule has 4 heteroatoms. The molecule has 4 aromatic carbocycles. The summed E-state index contributed by atoms with van der Waals surface area (Å²) >= 11 is 0. The molecule has 1 N–H and O–H groups in total. The molecule has 3 heterocycles. The zero-order chi connectivity index (χ0) is 29.6. The van der Waals surface area contributed by atoms with Crippen molar-refractivity contribution in [2.45, 2.75) is 63.0 Å². The Bertz CT molecular complexity index is 1810. The van der Waals surface area contributed by atoms with Crippen LogP contribution in [0.2, 0.25) is 0 Å². The average molecular weight is 559 g/mol. The number of para-hydroxylation sites is 2. The van der Waals surface area contributed by atoms with Crippen molar-refractivity contribution < 1.29 is 19.2 Å². The minimum absolute atomic E-state index is 0.0262. The second-order valence-corrected chi connectivity index (χ2v) is 13.6. The molecule has 4 unspecified atom stereocenters. The summed E-state index contributed by atoms with van der Waals surface area (Å²) < 4.78 is 15.1. The minimum atomic E-state index is -0.718. The van der Waals surface area contributed by atoms with E-state index in [0.29, 0.717) is 6.61 Å². The van der Waals surface area contributed by atoms with Gasteiger partial charge in [-0.25, -0.2) is 0 Å².